The van der Waals surface area contributed by atoms with Gasteiger partial charge in [0.25, 0.3) is 5.91 Å². The maximum Gasteiger partial charge on any atom is 0.254 e. The summed E-state index contributed by atoms with van der Waals surface area (Å²) in [4.78, 5) is 16.7. The summed E-state index contributed by atoms with van der Waals surface area (Å²) >= 11 is 0. The van der Waals surface area contributed by atoms with E-state index in [2.05, 4.69) is 6.07 Å². The average molecular weight is 487 g/mol. The van der Waals surface area contributed by atoms with Crippen LogP contribution in [0.2, 0.25) is 0 Å². The highest BCUT2D eigenvalue weighted by Crippen LogP contribution is 2.32. The zero-order chi connectivity index (χ0) is 23.7. The van der Waals surface area contributed by atoms with Crippen LogP contribution in [-0.4, -0.2) is 69.6 Å². The van der Waals surface area contributed by atoms with Crippen molar-refractivity contribution in [3.05, 3.63) is 53.1 Å². The van der Waals surface area contributed by atoms with E-state index in [1.54, 1.807) is 29.4 Å². The van der Waals surface area contributed by atoms with Gasteiger partial charge >= 0.3 is 0 Å². The molecule has 5 rings (SSSR count). The van der Waals surface area contributed by atoms with Gasteiger partial charge in [0, 0.05) is 24.2 Å². The molecule has 0 aliphatic carbocycles. The van der Waals surface area contributed by atoms with Crippen LogP contribution >= 0.6 is 0 Å². The molecule has 34 heavy (non-hydrogen) atoms. The van der Waals surface area contributed by atoms with Gasteiger partial charge in [0.2, 0.25) is 16.8 Å². The third kappa shape index (κ3) is 4.64. The first-order valence-electron chi connectivity index (χ1n) is 12.0. The van der Waals surface area contributed by atoms with E-state index in [-0.39, 0.29) is 17.6 Å². The van der Waals surface area contributed by atoms with Crippen molar-refractivity contribution in [1.29, 1.82) is 0 Å². The SMILES string of the molecule is Cc1ccc(C(=O)N2CC[NH+](Cc3ccc4c(c3)OCO4)CC2)cc1S(=O)(=O)N1CCCCC1. The number of rotatable bonds is 5. The van der Waals surface area contributed by atoms with E-state index < -0.39 is 10.0 Å². The Morgan fingerprint density at radius 1 is 0.941 bits per heavy atom. The maximum atomic E-state index is 13.2. The lowest BCUT2D eigenvalue weighted by Crippen LogP contribution is -3.13. The van der Waals surface area contributed by atoms with Crippen LogP contribution in [-0.2, 0) is 16.6 Å². The average Bonchev–Trinajstić information content (AvgIpc) is 3.33. The first kappa shape index (κ1) is 23.1. The molecule has 1 amide bonds. The normalized spacial score (nSPS) is 19.4. The third-order valence-electron chi connectivity index (χ3n) is 7.02. The summed E-state index contributed by atoms with van der Waals surface area (Å²) < 4.78 is 38.9. The molecule has 1 N–H and O–H groups in total. The van der Waals surface area contributed by atoms with Gasteiger partial charge in [-0.25, -0.2) is 8.42 Å². The fourth-order valence-corrected chi connectivity index (χ4v) is 6.75. The van der Waals surface area contributed by atoms with Crippen molar-refractivity contribution in [2.45, 2.75) is 37.6 Å². The number of hydrogen-bond donors (Lipinski definition) is 1. The Morgan fingerprint density at radius 3 is 2.44 bits per heavy atom. The van der Waals surface area contributed by atoms with Crippen LogP contribution in [0.5, 0.6) is 11.5 Å². The molecule has 8 nitrogen and oxygen atoms in total. The molecule has 0 unspecified atom stereocenters. The van der Waals surface area contributed by atoms with E-state index in [4.69, 9.17) is 9.47 Å². The van der Waals surface area contributed by atoms with Gasteiger partial charge in [-0.1, -0.05) is 12.5 Å². The Balaban J connectivity index is 1.23. The third-order valence-corrected chi connectivity index (χ3v) is 9.06. The van der Waals surface area contributed by atoms with Crippen LogP contribution in [0.15, 0.2) is 41.3 Å². The van der Waals surface area contributed by atoms with Gasteiger partial charge in [0.05, 0.1) is 31.1 Å². The Hall–Kier alpha value is -2.62. The van der Waals surface area contributed by atoms with Gasteiger partial charge in [-0.3, -0.25) is 4.79 Å². The number of nitrogens with one attached hydrogen (secondary N) is 1. The van der Waals surface area contributed by atoms with Crippen molar-refractivity contribution in [3.8, 4) is 11.5 Å². The lowest BCUT2D eigenvalue weighted by atomic mass is 10.1. The van der Waals surface area contributed by atoms with Crippen molar-refractivity contribution in [2.24, 2.45) is 0 Å². The molecule has 0 radical (unpaired) electrons. The first-order valence-corrected chi connectivity index (χ1v) is 13.5. The number of aryl methyl sites for hydroxylation is 1. The largest absolute Gasteiger partial charge is 0.454 e. The number of ether oxygens (including phenoxy) is 2. The quantitative estimate of drug-likeness (QED) is 0.692. The van der Waals surface area contributed by atoms with Gasteiger partial charge in [-0.2, -0.15) is 4.31 Å². The molecule has 3 heterocycles. The number of quaternary nitrogens is 1. The van der Waals surface area contributed by atoms with E-state index in [0.717, 1.165) is 50.4 Å². The van der Waals surface area contributed by atoms with Crippen molar-refractivity contribution < 1.29 is 27.6 Å². The molecule has 9 heteroatoms. The standard InChI is InChI=1S/C25H31N3O5S/c1-19-5-7-21(16-24(19)34(30,31)28-9-3-2-4-10-28)25(29)27-13-11-26(12-14-27)17-20-6-8-22-23(15-20)33-18-32-22/h5-8,15-16H,2-4,9-14,17-18H2,1H3/p+1. The Bertz CT molecular complexity index is 1170. The summed E-state index contributed by atoms with van der Waals surface area (Å²) in [7, 11) is -3.59. The molecule has 0 atom stereocenters. The number of sulfonamides is 1. The number of hydrogen-bond acceptors (Lipinski definition) is 5. The Morgan fingerprint density at radius 2 is 1.68 bits per heavy atom. The lowest BCUT2D eigenvalue weighted by molar-refractivity contribution is -0.917. The second-order valence-electron chi connectivity index (χ2n) is 9.35. The number of amides is 1. The summed E-state index contributed by atoms with van der Waals surface area (Å²) in [5.41, 5.74) is 2.31. The predicted octanol–water partition coefficient (Wildman–Crippen LogP) is 1.44. The van der Waals surface area contributed by atoms with Gasteiger partial charge in [0.1, 0.15) is 6.54 Å². The summed E-state index contributed by atoms with van der Waals surface area (Å²) in [5.74, 6) is 1.48. The molecule has 2 fully saturated rings. The van der Waals surface area contributed by atoms with Crippen LogP contribution in [0, 0.1) is 6.92 Å². The smallest absolute Gasteiger partial charge is 0.254 e. The van der Waals surface area contributed by atoms with Crippen molar-refractivity contribution in [3.63, 3.8) is 0 Å². The molecule has 0 saturated carbocycles. The van der Waals surface area contributed by atoms with Gasteiger partial charge in [0.15, 0.2) is 11.5 Å². The first-order chi connectivity index (χ1) is 16.4. The van der Waals surface area contributed by atoms with E-state index >= 15 is 0 Å². The fraction of sp³-hybridized carbons (Fsp3) is 0.480. The lowest BCUT2D eigenvalue weighted by Gasteiger charge is -2.32. The second kappa shape index (κ2) is 9.56. The molecule has 0 bridgehead atoms. The molecule has 0 aromatic heterocycles. The number of benzene rings is 2. The zero-order valence-electron chi connectivity index (χ0n) is 19.6. The van der Waals surface area contributed by atoms with Crippen LogP contribution in [0.4, 0.5) is 0 Å². The Kier molecular flexibility index (Phi) is 6.50. The highest BCUT2D eigenvalue weighted by molar-refractivity contribution is 7.89. The van der Waals surface area contributed by atoms with Gasteiger partial charge in [-0.15, -0.1) is 0 Å². The van der Waals surface area contributed by atoms with Crippen LogP contribution in [0.25, 0.3) is 0 Å². The fourth-order valence-electron chi connectivity index (χ4n) is 4.98. The number of carbonyl (C=O) groups excluding carboxylic acids is 1. The van der Waals surface area contributed by atoms with E-state index in [1.807, 2.05) is 17.0 Å². The monoisotopic (exact) mass is 486 g/mol. The number of carbonyl (C=O) groups is 1. The van der Waals surface area contributed by atoms with E-state index in [0.29, 0.717) is 37.3 Å². The topological polar surface area (TPSA) is 80.6 Å². The van der Waals surface area contributed by atoms with Gasteiger partial charge < -0.3 is 19.3 Å². The molecule has 3 aliphatic heterocycles. The van der Waals surface area contributed by atoms with E-state index in [1.165, 1.54) is 10.5 Å². The minimum Gasteiger partial charge on any atom is -0.454 e. The molecule has 0 spiro atoms. The summed E-state index contributed by atoms with van der Waals surface area (Å²) in [6.07, 6.45) is 2.83. The van der Waals surface area contributed by atoms with Crippen LogP contribution in [0.1, 0.15) is 40.7 Å². The molecular formula is C25H32N3O5S+. The van der Waals surface area contributed by atoms with Crippen molar-refractivity contribution in [2.75, 3.05) is 46.1 Å². The number of fused-ring (bicyclic) bond motifs is 1. The molecule has 2 saturated heterocycles. The Labute approximate surface area is 201 Å². The highest BCUT2D eigenvalue weighted by Gasteiger charge is 2.30. The molecule has 2 aromatic rings. The summed E-state index contributed by atoms with van der Waals surface area (Å²) in [6, 6.07) is 11.1. The number of nitrogens with zero attached hydrogens (tertiary/aromatic N) is 2. The van der Waals surface area contributed by atoms with Gasteiger partial charge in [-0.05, 0) is 55.7 Å². The maximum absolute atomic E-state index is 13.2. The molecular weight excluding hydrogens is 454 g/mol. The second-order valence-corrected chi connectivity index (χ2v) is 11.3. The number of piperidine rings is 1. The summed E-state index contributed by atoms with van der Waals surface area (Å²) in [6.45, 7) is 6.98. The molecule has 3 aliphatic rings. The van der Waals surface area contributed by atoms with Crippen LogP contribution < -0.4 is 14.4 Å². The minimum atomic E-state index is -3.59. The highest BCUT2D eigenvalue weighted by atomic mass is 32.2. The molecule has 2 aromatic carbocycles. The van der Waals surface area contributed by atoms with Crippen molar-refractivity contribution in [1.82, 2.24) is 9.21 Å². The predicted molar refractivity (Wildman–Crippen MR) is 127 cm³/mol. The van der Waals surface area contributed by atoms with Crippen LogP contribution in [0.3, 0.4) is 0 Å². The minimum absolute atomic E-state index is 0.0998. The summed E-state index contributed by atoms with van der Waals surface area (Å²) in [5, 5.41) is 0. The zero-order valence-corrected chi connectivity index (χ0v) is 20.4. The van der Waals surface area contributed by atoms with E-state index in [9.17, 15) is 13.2 Å². The van der Waals surface area contributed by atoms with Crippen molar-refractivity contribution >= 4 is 15.9 Å². The molecule has 182 valence electrons. The number of piperazine rings is 1.